The van der Waals surface area contributed by atoms with Crippen molar-refractivity contribution in [1.29, 1.82) is 0 Å². The first-order valence-corrected chi connectivity index (χ1v) is 7.40. The van der Waals surface area contributed by atoms with Gasteiger partial charge in [0.15, 0.2) is 0 Å². The molecule has 0 radical (unpaired) electrons. The fourth-order valence-corrected chi connectivity index (χ4v) is 2.46. The standard InChI is InChI=1S/C12H15Br2NO2/c13-12(14)11(16)9-1-3-10(4-2-9)15-5-7-17-8-6-15/h1-4,11-12,16H,5-8H2. The molecule has 0 saturated carbocycles. The van der Waals surface area contributed by atoms with Crippen molar-refractivity contribution in [3.8, 4) is 0 Å². The lowest BCUT2D eigenvalue weighted by molar-refractivity contribution is 0.122. The fraction of sp³-hybridized carbons (Fsp3) is 0.500. The quantitative estimate of drug-likeness (QED) is 0.837. The van der Waals surface area contributed by atoms with Crippen LogP contribution in [0.3, 0.4) is 0 Å². The van der Waals surface area contributed by atoms with E-state index in [1.807, 2.05) is 24.3 Å². The van der Waals surface area contributed by atoms with E-state index in [1.165, 1.54) is 5.69 Å². The molecule has 1 aliphatic rings. The maximum atomic E-state index is 9.87. The molecule has 1 aromatic rings. The number of alkyl halides is 2. The van der Waals surface area contributed by atoms with E-state index in [2.05, 4.69) is 36.8 Å². The highest BCUT2D eigenvalue weighted by Gasteiger charge is 2.16. The summed E-state index contributed by atoms with van der Waals surface area (Å²) >= 11 is 6.62. The second-order valence-corrected chi connectivity index (χ2v) is 7.17. The normalized spacial score (nSPS) is 18.5. The van der Waals surface area contributed by atoms with Gasteiger partial charge in [0, 0.05) is 18.8 Å². The van der Waals surface area contributed by atoms with E-state index in [-0.39, 0.29) is 3.74 Å². The molecule has 1 aromatic carbocycles. The minimum atomic E-state index is -0.534. The number of halogens is 2. The van der Waals surface area contributed by atoms with Crippen LogP contribution < -0.4 is 4.90 Å². The summed E-state index contributed by atoms with van der Waals surface area (Å²) < 4.78 is 5.20. The molecule has 0 aromatic heterocycles. The van der Waals surface area contributed by atoms with Crippen LogP contribution in [0, 0.1) is 0 Å². The van der Waals surface area contributed by atoms with Crippen molar-refractivity contribution >= 4 is 37.5 Å². The third-order valence-electron chi connectivity index (χ3n) is 2.85. The molecule has 17 heavy (non-hydrogen) atoms. The lowest BCUT2D eigenvalue weighted by Gasteiger charge is -2.29. The molecule has 1 heterocycles. The highest BCUT2D eigenvalue weighted by molar-refractivity contribution is 9.24. The number of hydrogen-bond donors (Lipinski definition) is 1. The zero-order valence-corrected chi connectivity index (χ0v) is 12.5. The topological polar surface area (TPSA) is 32.7 Å². The zero-order valence-electron chi connectivity index (χ0n) is 9.35. The van der Waals surface area contributed by atoms with Crippen LogP contribution in [0.4, 0.5) is 5.69 Å². The van der Waals surface area contributed by atoms with Crippen LogP contribution >= 0.6 is 31.9 Å². The predicted molar refractivity (Wildman–Crippen MR) is 76.1 cm³/mol. The minimum Gasteiger partial charge on any atom is -0.386 e. The molecular formula is C12H15Br2NO2. The second kappa shape index (κ2) is 6.18. The van der Waals surface area contributed by atoms with E-state index >= 15 is 0 Å². The van der Waals surface area contributed by atoms with E-state index in [1.54, 1.807) is 0 Å². The number of rotatable bonds is 3. The van der Waals surface area contributed by atoms with Crippen LogP contribution in [0.25, 0.3) is 0 Å². The molecule has 0 amide bonds. The average Bonchev–Trinajstić information content (AvgIpc) is 2.39. The van der Waals surface area contributed by atoms with Crippen LogP contribution in [0.1, 0.15) is 11.7 Å². The molecule has 5 heteroatoms. The molecule has 1 N–H and O–H groups in total. The van der Waals surface area contributed by atoms with E-state index in [0.717, 1.165) is 31.9 Å². The summed E-state index contributed by atoms with van der Waals surface area (Å²) in [6, 6.07) is 8.02. The molecule has 1 unspecified atom stereocenters. The van der Waals surface area contributed by atoms with Gasteiger partial charge in [-0.1, -0.05) is 44.0 Å². The van der Waals surface area contributed by atoms with Crippen LogP contribution in [-0.2, 0) is 4.74 Å². The van der Waals surface area contributed by atoms with Crippen LogP contribution in [0.5, 0.6) is 0 Å². The summed E-state index contributed by atoms with van der Waals surface area (Å²) in [5, 5.41) is 9.87. The lowest BCUT2D eigenvalue weighted by atomic mass is 10.1. The fourth-order valence-electron chi connectivity index (χ4n) is 1.85. The average molecular weight is 365 g/mol. The second-order valence-electron chi connectivity index (χ2n) is 3.97. The van der Waals surface area contributed by atoms with Crippen LogP contribution in [-0.4, -0.2) is 35.1 Å². The Morgan fingerprint density at radius 2 is 1.71 bits per heavy atom. The summed E-state index contributed by atoms with van der Waals surface area (Å²) in [7, 11) is 0. The van der Waals surface area contributed by atoms with Gasteiger partial charge in [0.25, 0.3) is 0 Å². The van der Waals surface area contributed by atoms with Gasteiger partial charge in [-0.05, 0) is 17.7 Å². The van der Waals surface area contributed by atoms with Crippen LogP contribution in [0.15, 0.2) is 24.3 Å². The number of hydrogen-bond acceptors (Lipinski definition) is 3. The van der Waals surface area contributed by atoms with Gasteiger partial charge in [-0.2, -0.15) is 0 Å². The van der Waals surface area contributed by atoms with Gasteiger partial charge < -0.3 is 14.7 Å². The molecular weight excluding hydrogens is 350 g/mol. The van der Waals surface area contributed by atoms with Gasteiger partial charge in [-0.25, -0.2) is 0 Å². The number of morpholine rings is 1. The highest BCUT2D eigenvalue weighted by atomic mass is 79.9. The Morgan fingerprint density at radius 1 is 1.12 bits per heavy atom. The number of ether oxygens (including phenoxy) is 1. The first kappa shape index (κ1) is 13.3. The Hall–Kier alpha value is -0.100. The third kappa shape index (κ3) is 3.44. The smallest absolute Gasteiger partial charge is 0.101 e. The number of anilines is 1. The molecule has 1 atom stereocenters. The maximum absolute atomic E-state index is 9.87. The Kier molecular flexibility index (Phi) is 4.85. The van der Waals surface area contributed by atoms with Crippen molar-refractivity contribution in [2.45, 2.75) is 9.84 Å². The molecule has 1 fully saturated rings. The minimum absolute atomic E-state index is 0.121. The Morgan fingerprint density at radius 3 is 2.24 bits per heavy atom. The molecule has 1 aliphatic heterocycles. The molecule has 2 rings (SSSR count). The first-order valence-electron chi connectivity index (χ1n) is 5.57. The van der Waals surface area contributed by atoms with Crippen molar-refractivity contribution in [3.63, 3.8) is 0 Å². The monoisotopic (exact) mass is 363 g/mol. The van der Waals surface area contributed by atoms with E-state index in [4.69, 9.17) is 4.74 Å². The summed E-state index contributed by atoms with van der Waals surface area (Å²) in [4.78, 5) is 2.29. The molecule has 1 saturated heterocycles. The van der Waals surface area contributed by atoms with Crippen molar-refractivity contribution in [2.24, 2.45) is 0 Å². The van der Waals surface area contributed by atoms with E-state index in [9.17, 15) is 5.11 Å². The van der Waals surface area contributed by atoms with Crippen LogP contribution in [0.2, 0.25) is 0 Å². The Bertz CT molecular complexity index is 350. The van der Waals surface area contributed by atoms with Crippen molar-refractivity contribution in [3.05, 3.63) is 29.8 Å². The highest BCUT2D eigenvalue weighted by Crippen LogP contribution is 2.28. The molecule has 94 valence electrons. The molecule has 0 spiro atoms. The molecule has 0 bridgehead atoms. The zero-order chi connectivity index (χ0) is 12.3. The molecule has 3 nitrogen and oxygen atoms in total. The number of benzene rings is 1. The SMILES string of the molecule is OC(c1ccc(N2CCOCC2)cc1)C(Br)Br. The van der Waals surface area contributed by atoms with E-state index < -0.39 is 6.10 Å². The van der Waals surface area contributed by atoms with E-state index in [0.29, 0.717) is 0 Å². The number of aliphatic hydroxyl groups is 1. The number of aliphatic hydroxyl groups excluding tert-OH is 1. The maximum Gasteiger partial charge on any atom is 0.101 e. The lowest BCUT2D eigenvalue weighted by Crippen LogP contribution is -2.36. The molecule has 0 aliphatic carbocycles. The predicted octanol–water partition coefficient (Wildman–Crippen LogP) is 2.67. The summed E-state index contributed by atoms with van der Waals surface area (Å²) in [6.45, 7) is 3.44. The Labute approximate surface area is 118 Å². The van der Waals surface area contributed by atoms with Crippen molar-refractivity contribution in [2.75, 3.05) is 31.2 Å². The first-order chi connectivity index (χ1) is 8.18. The Balaban J connectivity index is 2.06. The van der Waals surface area contributed by atoms with Gasteiger partial charge in [0.05, 0.1) is 17.0 Å². The van der Waals surface area contributed by atoms with Gasteiger partial charge in [-0.3, -0.25) is 0 Å². The summed E-state index contributed by atoms with van der Waals surface area (Å²) in [5.41, 5.74) is 2.09. The van der Waals surface area contributed by atoms with Crippen molar-refractivity contribution < 1.29 is 9.84 Å². The van der Waals surface area contributed by atoms with Crippen molar-refractivity contribution in [1.82, 2.24) is 0 Å². The number of nitrogens with zero attached hydrogens (tertiary/aromatic N) is 1. The van der Waals surface area contributed by atoms with Gasteiger partial charge in [-0.15, -0.1) is 0 Å². The largest absolute Gasteiger partial charge is 0.386 e. The third-order valence-corrected chi connectivity index (χ3v) is 3.85. The van der Waals surface area contributed by atoms with Gasteiger partial charge >= 0.3 is 0 Å². The summed E-state index contributed by atoms with van der Waals surface area (Å²) in [5.74, 6) is 0. The van der Waals surface area contributed by atoms with Gasteiger partial charge in [0.1, 0.15) is 6.10 Å². The van der Waals surface area contributed by atoms with Gasteiger partial charge in [0.2, 0.25) is 0 Å². The summed E-state index contributed by atoms with van der Waals surface area (Å²) in [6.07, 6.45) is -0.534.